The molecule has 1 aromatic rings. The van der Waals surface area contributed by atoms with Gasteiger partial charge in [-0.15, -0.1) is 11.3 Å². The van der Waals surface area contributed by atoms with Gasteiger partial charge in [0.1, 0.15) is 6.10 Å². The summed E-state index contributed by atoms with van der Waals surface area (Å²) in [5.74, 6) is 0.109. The average Bonchev–Trinajstić information content (AvgIpc) is 3.42. The van der Waals surface area contributed by atoms with Crippen LogP contribution in [0, 0.1) is 6.92 Å². The second-order valence-corrected chi connectivity index (χ2v) is 9.89. The number of carbonyl (C=O) groups excluding carboxylic acids is 3. The fourth-order valence-electron chi connectivity index (χ4n) is 5.10. The van der Waals surface area contributed by atoms with E-state index < -0.39 is 0 Å². The van der Waals surface area contributed by atoms with Crippen LogP contribution in [0.1, 0.15) is 47.8 Å². The standard InChI is InChI=1S/C22H27N3O4S/c1-13(15-4-3-5-15)20(26)24-11-18-19(12-24)29-22(28)25(18)16-6-8-23(10-16)21(27)17-7-9-30-14(17)2/h7,9,16,18-19H,3-6,8,10-12H2,1-2H3/t16?,18-,19+/m1/s1. The second kappa shape index (κ2) is 7.41. The lowest BCUT2D eigenvalue weighted by Gasteiger charge is -2.28. The molecular formula is C22H27N3O4S. The molecule has 0 aromatic carbocycles. The van der Waals surface area contributed by atoms with Crippen molar-refractivity contribution in [1.29, 1.82) is 0 Å². The molecule has 160 valence electrons. The van der Waals surface area contributed by atoms with Crippen molar-refractivity contribution in [3.8, 4) is 0 Å². The van der Waals surface area contributed by atoms with Gasteiger partial charge in [-0.25, -0.2) is 4.79 Å². The minimum atomic E-state index is -0.308. The maximum Gasteiger partial charge on any atom is 0.410 e. The van der Waals surface area contributed by atoms with Crippen LogP contribution in [0.15, 0.2) is 22.6 Å². The molecule has 3 aliphatic heterocycles. The lowest BCUT2D eigenvalue weighted by Crippen LogP contribution is -2.47. The van der Waals surface area contributed by atoms with E-state index in [-0.39, 0.29) is 36.1 Å². The fraction of sp³-hybridized carbons (Fsp3) is 0.591. The van der Waals surface area contributed by atoms with Crippen molar-refractivity contribution in [1.82, 2.24) is 14.7 Å². The van der Waals surface area contributed by atoms with Crippen LogP contribution in [0.5, 0.6) is 0 Å². The summed E-state index contributed by atoms with van der Waals surface area (Å²) in [6.07, 6.45) is 3.37. The molecular weight excluding hydrogens is 402 g/mol. The lowest BCUT2D eigenvalue weighted by molar-refractivity contribution is -0.126. The maximum absolute atomic E-state index is 12.9. The van der Waals surface area contributed by atoms with E-state index in [2.05, 4.69) is 0 Å². The molecule has 3 saturated heterocycles. The van der Waals surface area contributed by atoms with Crippen molar-refractivity contribution in [3.05, 3.63) is 33.0 Å². The van der Waals surface area contributed by atoms with Gasteiger partial charge in [0.25, 0.3) is 5.91 Å². The number of carbonyl (C=O) groups is 3. The van der Waals surface area contributed by atoms with Crippen molar-refractivity contribution < 1.29 is 19.1 Å². The number of amides is 3. The summed E-state index contributed by atoms with van der Waals surface area (Å²) in [5, 5.41) is 1.93. The van der Waals surface area contributed by atoms with Crippen molar-refractivity contribution in [2.45, 2.75) is 57.7 Å². The van der Waals surface area contributed by atoms with Gasteiger partial charge in [-0.05, 0) is 51.0 Å². The van der Waals surface area contributed by atoms with Gasteiger partial charge in [-0.1, -0.05) is 5.57 Å². The van der Waals surface area contributed by atoms with Crippen LogP contribution in [0.2, 0.25) is 0 Å². The van der Waals surface area contributed by atoms with Crippen LogP contribution in [-0.4, -0.2) is 77.0 Å². The van der Waals surface area contributed by atoms with Gasteiger partial charge in [0.2, 0.25) is 5.91 Å². The Labute approximate surface area is 180 Å². The summed E-state index contributed by atoms with van der Waals surface area (Å²) in [6.45, 7) is 5.99. The molecule has 1 aromatic heterocycles. The number of thiophene rings is 1. The fourth-order valence-corrected chi connectivity index (χ4v) is 5.79. The third-order valence-electron chi connectivity index (χ3n) is 7.09. The molecule has 0 bridgehead atoms. The number of fused-ring (bicyclic) bond motifs is 1. The first-order chi connectivity index (χ1) is 14.4. The number of allylic oxidation sites excluding steroid dienone is 1. The zero-order chi connectivity index (χ0) is 21.0. The van der Waals surface area contributed by atoms with E-state index in [9.17, 15) is 14.4 Å². The third kappa shape index (κ3) is 3.12. The van der Waals surface area contributed by atoms with E-state index in [1.807, 2.05) is 35.1 Å². The van der Waals surface area contributed by atoms with E-state index in [1.54, 1.807) is 16.2 Å². The van der Waals surface area contributed by atoms with E-state index in [0.29, 0.717) is 26.2 Å². The molecule has 1 unspecified atom stereocenters. The second-order valence-electron chi connectivity index (χ2n) is 8.77. The Bertz CT molecular complexity index is 933. The summed E-state index contributed by atoms with van der Waals surface area (Å²) in [4.78, 5) is 44.8. The molecule has 1 saturated carbocycles. The molecule has 0 spiro atoms. The Balaban J connectivity index is 1.26. The first kappa shape index (κ1) is 19.6. The number of hydrogen-bond donors (Lipinski definition) is 0. The summed E-state index contributed by atoms with van der Waals surface area (Å²) >= 11 is 1.57. The third-order valence-corrected chi connectivity index (χ3v) is 7.93. The zero-order valence-corrected chi connectivity index (χ0v) is 18.2. The largest absolute Gasteiger partial charge is 0.442 e. The highest BCUT2D eigenvalue weighted by atomic mass is 32.1. The van der Waals surface area contributed by atoms with Crippen LogP contribution in [0.25, 0.3) is 0 Å². The Morgan fingerprint density at radius 3 is 2.63 bits per heavy atom. The van der Waals surface area contributed by atoms with Crippen LogP contribution < -0.4 is 0 Å². The van der Waals surface area contributed by atoms with Crippen LogP contribution in [-0.2, 0) is 9.53 Å². The van der Waals surface area contributed by atoms with Crippen molar-refractivity contribution in [2.24, 2.45) is 0 Å². The monoisotopic (exact) mass is 429 g/mol. The SMILES string of the molecule is CC(C(=O)N1C[C@@H]2OC(=O)N(C3CCN(C(=O)c4ccsc4C)C3)[C@@H]2C1)=C1CCC1. The molecule has 1 aliphatic carbocycles. The molecule has 30 heavy (non-hydrogen) atoms. The summed E-state index contributed by atoms with van der Waals surface area (Å²) in [5.41, 5.74) is 2.88. The highest BCUT2D eigenvalue weighted by Crippen LogP contribution is 2.34. The molecule has 5 rings (SSSR count). The lowest BCUT2D eigenvalue weighted by atomic mass is 9.88. The molecule has 8 heteroatoms. The number of likely N-dealkylation sites (tertiary alicyclic amines) is 2. The summed E-state index contributed by atoms with van der Waals surface area (Å²) in [6, 6.07) is 1.69. The van der Waals surface area contributed by atoms with Gasteiger partial charge in [0, 0.05) is 30.1 Å². The topological polar surface area (TPSA) is 70.2 Å². The minimum absolute atomic E-state index is 0.0336. The van der Waals surface area contributed by atoms with Crippen LogP contribution in [0.3, 0.4) is 0 Å². The van der Waals surface area contributed by atoms with Crippen LogP contribution in [0.4, 0.5) is 4.79 Å². The number of aryl methyl sites for hydroxylation is 1. The van der Waals surface area contributed by atoms with Gasteiger partial charge >= 0.3 is 6.09 Å². The Hall–Kier alpha value is -2.35. The molecule has 0 radical (unpaired) electrons. The average molecular weight is 430 g/mol. The highest BCUT2D eigenvalue weighted by molar-refractivity contribution is 7.10. The predicted molar refractivity (Wildman–Crippen MR) is 112 cm³/mol. The minimum Gasteiger partial charge on any atom is -0.442 e. The quantitative estimate of drug-likeness (QED) is 0.693. The van der Waals surface area contributed by atoms with Gasteiger partial charge in [-0.3, -0.25) is 14.5 Å². The van der Waals surface area contributed by atoms with E-state index >= 15 is 0 Å². The number of ether oxygens (including phenoxy) is 1. The van der Waals surface area contributed by atoms with E-state index in [0.717, 1.165) is 35.3 Å². The number of rotatable bonds is 3. The van der Waals surface area contributed by atoms with Crippen molar-refractivity contribution in [3.63, 3.8) is 0 Å². The molecule has 3 amide bonds. The van der Waals surface area contributed by atoms with Gasteiger partial charge in [0.15, 0.2) is 0 Å². The van der Waals surface area contributed by atoms with E-state index in [1.165, 1.54) is 12.0 Å². The Morgan fingerprint density at radius 2 is 1.97 bits per heavy atom. The maximum atomic E-state index is 12.9. The molecule has 3 atom stereocenters. The first-order valence-corrected chi connectivity index (χ1v) is 11.6. The predicted octanol–water partition coefficient (Wildman–Crippen LogP) is 2.80. The van der Waals surface area contributed by atoms with Gasteiger partial charge in [0.05, 0.1) is 24.2 Å². The molecule has 7 nitrogen and oxygen atoms in total. The van der Waals surface area contributed by atoms with Crippen LogP contribution >= 0.6 is 11.3 Å². The Kier molecular flexibility index (Phi) is 4.84. The number of nitrogens with zero attached hydrogens (tertiary/aromatic N) is 3. The van der Waals surface area contributed by atoms with Crippen molar-refractivity contribution in [2.75, 3.05) is 26.2 Å². The zero-order valence-electron chi connectivity index (χ0n) is 17.4. The van der Waals surface area contributed by atoms with Crippen molar-refractivity contribution >= 4 is 29.2 Å². The first-order valence-electron chi connectivity index (χ1n) is 10.7. The summed E-state index contributed by atoms with van der Waals surface area (Å²) in [7, 11) is 0. The molecule has 0 N–H and O–H groups in total. The normalized spacial score (nSPS) is 27.9. The smallest absolute Gasteiger partial charge is 0.410 e. The molecule has 4 aliphatic rings. The Morgan fingerprint density at radius 1 is 1.17 bits per heavy atom. The molecule has 4 heterocycles. The van der Waals surface area contributed by atoms with Gasteiger partial charge in [-0.2, -0.15) is 0 Å². The highest BCUT2D eigenvalue weighted by Gasteiger charge is 2.52. The molecule has 4 fully saturated rings. The van der Waals surface area contributed by atoms with Gasteiger partial charge < -0.3 is 14.5 Å². The number of hydrogen-bond acceptors (Lipinski definition) is 5. The summed E-state index contributed by atoms with van der Waals surface area (Å²) < 4.78 is 5.63. The van der Waals surface area contributed by atoms with E-state index in [4.69, 9.17) is 4.74 Å².